The Bertz CT molecular complexity index is 809. The quantitative estimate of drug-likeness (QED) is 0.293. The minimum Gasteiger partial charge on any atom is -0.508 e. The fraction of sp³-hybridized carbons (Fsp3) is 0.654. The second-order valence-electron chi connectivity index (χ2n) is 9.58. The van der Waals surface area contributed by atoms with Crippen LogP contribution in [-0.4, -0.2) is 64.4 Å². The van der Waals surface area contributed by atoms with Crippen LogP contribution in [0.1, 0.15) is 84.7 Å². The number of aromatic hydroxyl groups is 1. The molecule has 0 aliphatic heterocycles. The first-order valence-corrected chi connectivity index (χ1v) is 12.5. The van der Waals surface area contributed by atoms with Crippen molar-refractivity contribution < 1.29 is 29.3 Å². The summed E-state index contributed by atoms with van der Waals surface area (Å²) in [6, 6.07) is 3.94. The third-order valence-corrected chi connectivity index (χ3v) is 5.33. The van der Waals surface area contributed by atoms with Crippen molar-refractivity contribution in [2.24, 2.45) is 0 Å². The third kappa shape index (κ3) is 10.5. The summed E-state index contributed by atoms with van der Waals surface area (Å²) in [5.41, 5.74) is -0.510. The summed E-state index contributed by atoms with van der Waals surface area (Å²) < 4.78 is 5.24. The van der Waals surface area contributed by atoms with Gasteiger partial charge in [0.25, 0.3) is 0 Å². The molecule has 0 spiro atoms. The zero-order chi connectivity index (χ0) is 26.4. The molecule has 1 rings (SSSR count). The number of nitrogens with zero attached hydrogens (tertiary/aromatic N) is 1. The summed E-state index contributed by atoms with van der Waals surface area (Å²) in [6.07, 6.45) is 4.22. The second kappa shape index (κ2) is 15.2. The van der Waals surface area contributed by atoms with E-state index in [0.29, 0.717) is 13.0 Å². The number of phenolic OH excluding ortho intramolecular Hbond substituents is 1. The molecular weight excluding hydrogens is 450 g/mol. The predicted octanol–water partition coefficient (Wildman–Crippen LogP) is 3.64. The molecule has 2 unspecified atom stereocenters. The zero-order valence-electron chi connectivity index (χ0n) is 21.8. The van der Waals surface area contributed by atoms with Gasteiger partial charge < -0.3 is 30.5 Å². The van der Waals surface area contributed by atoms with Crippen molar-refractivity contribution >= 4 is 17.9 Å². The van der Waals surface area contributed by atoms with Gasteiger partial charge in [0.15, 0.2) is 0 Å². The number of rotatable bonds is 14. The van der Waals surface area contributed by atoms with E-state index < -0.39 is 42.2 Å². The lowest BCUT2D eigenvalue weighted by atomic mass is 10.0. The molecule has 0 saturated heterocycles. The Labute approximate surface area is 209 Å². The van der Waals surface area contributed by atoms with Crippen LogP contribution >= 0.6 is 0 Å². The van der Waals surface area contributed by atoms with E-state index in [9.17, 15) is 24.6 Å². The van der Waals surface area contributed by atoms with Gasteiger partial charge in [0, 0.05) is 18.7 Å². The van der Waals surface area contributed by atoms with Gasteiger partial charge in [-0.2, -0.15) is 0 Å². The van der Waals surface area contributed by atoms with Crippen LogP contribution in [0.15, 0.2) is 24.3 Å². The minimum atomic E-state index is -1.31. The number of alkyl carbamates (subject to hydrolysis) is 1. The first kappa shape index (κ1) is 30.2. The maximum absolute atomic E-state index is 13.6. The Balaban J connectivity index is 3.32. The van der Waals surface area contributed by atoms with Crippen molar-refractivity contribution in [1.29, 1.82) is 0 Å². The Hall–Kier alpha value is -2.81. The van der Waals surface area contributed by atoms with Gasteiger partial charge in [0.1, 0.15) is 23.4 Å². The number of amides is 3. The van der Waals surface area contributed by atoms with Crippen LogP contribution in [0.25, 0.3) is 0 Å². The van der Waals surface area contributed by atoms with Gasteiger partial charge in [-0.25, -0.2) is 4.79 Å². The highest BCUT2D eigenvalue weighted by molar-refractivity contribution is 5.92. The third-order valence-electron chi connectivity index (χ3n) is 5.33. The van der Waals surface area contributed by atoms with Crippen molar-refractivity contribution in [3.8, 4) is 5.75 Å². The molecule has 9 heteroatoms. The first-order valence-electron chi connectivity index (χ1n) is 12.5. The normalized spacial score (nSPS) is 13.0. The van der Waals surface area contributed by atoms with Crippen molar-refractivity contribution in [3.63, 3.8) is 0 Å². The van der Waals surface area contributed by atoms with Gasteiger partial charge in [-0.1, -0.05) is 57.7 Å². The average Bonchev–Trinajstić information content (AvgIpc) is 2.79. The van der Waals surface area contributed by atoms with E-state index in [1.54, 1.807) is 39.0 Å². The molecular formula is C26H43N3O6. The number of nitrogens with one attached hydrogen (secondary N) is 2. The number of phenols is 1. The van der Waals surface area contributed by atoms with Gasteiger partial charge in [-0.3, -0.25) is 9.59 Å². The van der Waals surface area contributed by atoms with E-state index in [1.165, 1.54) is 11.0 Å². The number of aliphatic hydroxyl groups is 1. The summed E-state index contributed by atoms with van der Waals surface area (Å²) >= 11 is 0. The fourth-order valence-corrected chi connectivity index (χ4v) is 3.59. The van der Waals surface area contributed by atoms with Gasteiger partial charge >= 0.3 is 6.09 Å². The van der Waals surface area contributed by atoms with Gasteiger partial charge in [0.05, 0.1) is 6.61 Å². The first-order chi connectivity index (χ1) is 16.6. The summed E-state index contributed by atoms with van der Waals surface area (Å²) in [6.45, 7) is 9.13. The smallest absolute Gasteiger partial charge is 0.408 e. The van der Waals surface area contributed by atoms with Crippen LogP contribution in [-0.2, 0) is 14.3 Å². The van der Waals surface area contributed by atoms with Crippen LogP contribution in [0.4, 0.5) is 4.79 Å². The number of hydrogen-bond donors (Lipinski definition) is 4. The Kier molecular flexibility index (Phi) is 13.2. The van der Waals surface area contributed by atoms with E-state index in [-0.39, 0.29) is 17.9 Å². The number of carbonyl (C=O) groups excluding carboxylic acids is 3. The number of benzene rings is 1. The van der Waals surface area contributed by atoms with Gasteiger partial charge in [0.2, 0.25) is 11.8 Å². The van der Waals surface area contributed by atoms with E-state index in [4.69, 9.17) is 4.74 Å². The van der Waals surface area contributed by atoms with Crippen LogP contribution in [0.5, 0.6) is 5.75 Å². The molecule has 0 aliphatic rings. The largest absolute Gasteiger partial charge is 0.508 e. The number of carbonyl (C=O) groups is 3. The molecule has 3 amide bonds. The van der Waals surface area contributed by atoms with Crippen molar-refractivity contribution in [2.45, 2.75) is 90.8 Å². The second-order valence-corrected chi connectivity index (χ2v) is 9.58. The summed E-state index contributed by atoms with van der Waals surface area (Å²) in [4.78, 5) is 40.6. The maximum atomic E-state index is 13.6. The van der Waals surface area contributed by atoms with Crippen molar-refractivity contribution in [2.75, 3.05) is 19.7 Å². The van der Waals surface area contributed by atoms with Crippen molar-refractivity contribution in [1.82, 2.24) is 15.5 Å². The van der Waals surface area contributed by atoms with Crippen LogP contribution in [0, 0.1) is 0 Å². The Morgan fingerprint density at radius 3 is 2.23 bits per heavy atom. The molecule has 4 N–H and O–H groups in total. The molecule has 0 fully saturated rings. The molecule has 9 nitrogen and oxygen atoms in total. The van der Waals surface area contributed by atoms with E-state index in [1.807, 2.05) is 6.92 Å². The maximum Gasteiger partial charge on any atom is 0.408 e. The lowest BCUT2D eigenvalue weighted by molar-refractivity contribution is -0.143. The van der Waals surface area contributed by atoms with E-state index in [0.717, 1.165) is 32.1 Å². The topological polar surface area (TPSA) is 128 Å². The monoisotopic (exact) mass is 493 g/mol. The zero-order valence-corrected chi connectivity index (χ0v) is 21.8. The molecule has 0 radical (unpaired) electrons. The summed E-state index contributed by atoms with van der Waals surface area (Å²) in [5, 5.41) is 25.8. The molecule has 0 bridgehead atoms. The molecule has 0 heterocycles. The van der Waals surface area contributed by atoms with E-state index >= 15 is 0 Å². The van der Waals surface area contributed by atoms with Crippen LogP contribution in [0.3, 0.4) is 0 Å². The standard InChI is InChI=1S/C26H43N3O6/c1-6-8-12-16-27-23(32)22(19-14-10-11-15-21(19)31)29(17-13-9-7-2)24(33)20(18-30)28-25(34)35-26(3,4)5/h10-11,14-15,20,22,30-31H,6-9,12-13,16-18H2,1-5H3,(H,27,32)(H,28,34). The average molecular weight is 494 g/mol. The van der Waals surface area contributed by atoms with E-state index in [2.05, 4.69) is 17.6 Å². The molecule has 2 atom stereocenters. The molecule has 0 aliphatic carbocycles. The number of ether oxygens (including phenoxy) is 1. The lowest BCUT2D eigenvalue weighted by Gasteiger charge is -2.34. The van der Waals surface area contributed by atoms with Crippen LogP contribution in [0.2, 0.25) is 0 Å². The predicted molar refractivity (Wildman–Crippen MR) is 135 cm³/mol. The highest BCUT2D eigenvalue weighted by Crippen LogP contribution is 2.30. The lowest BCUT2D eigenvalue weighted by Crippen LogP contribution is -2.54. The highest BCUT2D eigenvalue weighted by Gasteiger charge is 2.36. The number of aliphatic hydroxyl groups excluding tert-OH is 1. The Morgan fingerprint density at radius 1 is 1.03 bits per heavy atom. The molecule has 35 heavy (non-hydrogen) atoms. The minimum absolute atomic E-state index is 0.116. The molecule has 1 aromatic rings. The SMILES string of the molecule is CCCCCNC(=O)C(c1ccccc1O)N(CCCCC)C(=O)C(CO)NC(=O)OC(C)(C)C. The molecule has 1 aromatic carbocycles. The molecule has 0 saturated carbocycles. The number of para-hydroxylation sites is 1. The highest BCUT2D eigenvalue weighted by atomic mass is 16.6. The number of unbranched alkanes of at least 4 members (excludes halogenated alkanes) is 4. The fourth-order valence-electron chi connectivity index (χ4n) is 3.59. The Morgan fingerprint density at radius 2 is 1.66 bits per heavy atom. The molecule has 0 aromatic heterocycles. The van der Waals surface area contributed by atoms with Crippen LogP contribution < -0.4 is 10.6 Å². The molecule has 198 valence electrons. The van der Waals surface area contributed by atoms with Crippen molar-refractivity contribution in [3.05, 3.63) is 29.8 Å². The summed E-state index contributed by atoms with van der Waals surface area (Å²) in [7, 11) is 0. The van der Waals surface area contributed by atoms with Gasteiger partial charge in [-0.15, -0.1) is 0 Å². The van der Waals surface area contributed by atoms with Gasteiger partial charge in [-0.05, 0) is 39.7 Å². The number of hydrogen-bond acceptors (Lipinski definition) is 6. The summed E-state index contributed by atoms with van der Waals surface area (Å²) in [5.74, 6) is -1.18.